The summed E-state index contributed by atoms with van der Waals surface area (Å²) in [4.78, 5) is 12.0. The highest BCUT2D eigenvalue weighted by molar-refractivity contribution is 7.81. The highest BCUT2D eigenvalue weighted by Crippen LogP contribution is 2.16. The third kappa shape index (κ3) is 4.57. The van der Waals surface area contributed by atoms with Crippen LogP contribution in [0, 0.1) is 6.92 Å². The molecule has 0 radical (unpaired) electrons. The smallest absolute Gasteiger partial charge is 0.358 e. The highest BCUT2D eigenvalue weighted by atomic mass is 32.3. The maximum Gasteiger partial charge on any atom is 0.488 e. The van der Waals surface area contributed by atoms with E-state index in [4.69, 9.17) is 0 Å². The molecule has 2 rings (SSSR count). The summed E-state index contributed by atoms with van der Waals surface area (Å²) in [6.45, 7) is 1.93. The molecule has 0 spiro atoms. The molecule has 0 unspecified atom stereocenters. The van der Waals surface area contributed by atoms with Gasteiger partial charge in [-0.3, -0.25) is 4.79 Å². The zero-order valence-corrected chi connectivity index (χ0v) is 11.9. The lowest BCUT2D eigenvalue weighted by molar-refractivity contribution is 0.102. The van der Waals surface area contributed by atoms with Gasteiger partial charge in [0.05, 0.1) is 0 Å². The summed E-state index contributed by atoms with van der Waals surface area (Å²) in [5.74, 6) is -0.571. The average Bonchev–Trinajstić information content (AvgIpc) is 2.40. The minimum atomic E-state index is -5.06. The molecular weight excluding hydrogens is 297 g/mol. The molecule has 0 aliphatic heterocycles. The van der Waals surface area contributed by atoms with Crippen LogP contribution < -0.4 is 9.50 Å². The lowest BCUT2D eigenvalue weighted by Gasteiger charge is -2.06. The summed E-state index contributed by atoms with van der Waals surface area (Å²) in [5, 5.41) is 2.68. The van der Waals surface area contributed by atoms with Gasteiger partial charge in [0.15, 0.2) is 0 Å². The van der Waals surface area contributed by atoms with E-state index in [0.29, 0.717) is 11.3 Å². The molecule has 0 saturated heterocycles. The van der Waals surface area contributed by atoms with Crippen molar-refractivity contribution >= 4 is 22.1 Å². The molecule has 0 aliphatic rings. The first kappa shape index (κ1) is 15.0. The monoisotopic (exact) mass is 309 g/mol. The van der Waals surface area contributed by atoms with Crippen molar-refractivity contribution in [3.8, 4) is 5.75 Å². The number of nitrogens with one attached hydrogen (secondary N) is 1. The molecule has 110 valence electrons. The van der Waals surface area contributed by atoms with Crippen LogP contribution in [0.2, 0.25) is 0 Å². The summed E-state index contributed by atoms with van der Waals surface area (Å²) in [7, 11) is -5.06. The maximum absolute atomic E-state index is 12.3. The van der Waals surface area contributed by atoms with Gasteiger partial charge in [-0.1, -0.05) is 21.6 Å². The Labute approximate surface area is 121 Å². The summed E-state index contributed by atoms with van der Waals surface area (Å²) in [5.41, 5.74) is 2.00. The number of hydrogen-bond donors (Lipinski definition) is 1. The Balaban J connectivity index is 2.08. The zero-order valence-electron chi connectivity index (χ0n) is 11.0. The molecule has 0 heterocycles. The van der Waals surface area contributed by atoms with Gasteiger partial charge in [-0.15, -0.1) is 0 Å². The number of halogens is 1. The van der Waals surface area contributed by atoms with Crippen molar-refractivity contribution < 1.29 is 21.3 Å². The van der Waals surface area contributed by atoms with Gasteiger partial charge in [0, 0.05) is 11.3 Å². The lowest BCUT2D eigenvalue weighted by Crippen LogP contribution is -2.11. The molecule has 0 aromatic heterocycles. The van der Waals surface area contributed by atoms with E-state index in [2.05, 4.69) is 9.50 Å². The number of hydrogen-bond acceptors (Lipinski definition) is 4. The second-order valence-corrected chi connectivity index (χ2v) is 5.27. The van der Waals surface area contributed by atoms with Gasteiger partial charge < -0.3 is 9.50 Å². The third-order valence-corrected chi connectivity index (χ3v) is 3.01. The van der Waals surface area contributed by atoms with Crippen LogP contribution in [0.4, 0.5) is 9.57 Å². The van der Waals surface area contributed by atoms with Gasteiger partial charge in [0.1, 0.15) is 5.75 Å². The standard InChI is InChI=1S/C14H12FNO4S/c1-10-2-6-12(7-3-10)16-14(17)11-4-8-13(9-5-11)20-21(15,18)19/h2-9H,1H3,(H,16,17). The van der Waals surface area contributed by atoms with Crippen molar-refractivity contribution in [3.63, 3.8) is 0 Å². The number of carbonyl (C=O) groups is 1. The second-order valence-electron chi connectivity index (χ2n) is 4.32. The van der Waals surface area contributed by atoms with Gasteiger partial charge in [0.25, 0.3) is 5.91 Å². The molecule has 2 aromatic carbocycles. The summed E-state index contributed by atoms with van der Waals surface area (Å²) in [6.07, 6.45) is 0. The van der Waals surface area contributed by atoms with Crippen LogP contribution in [0.1, 0.15) is 15.9 Å². The molecule has 21 heavy (non-hydrogen) atoms. The molecule has 0 aliphatic carbocycles. The van der Waals surface area contributed by atoms with E-state index in [-0.39, 0.29) is 11.7 Å². The van der Waals surface area contributed by atoms with Crippen LogP contribution in [0.15, 0.2) is 48.5 Å². The number of aryl methyl sites for hydroxylation is 1. The minimum absolute atomic E-state index is 0.204. The first-order valence-electron chi connectivity index (χ1n) is 5.96. The fourth-order valence-electron chi connectivity index (χ4n) is 1.62. The number of carbonyl (C=O) groups excluding carboxylic acids is 1. The molecule has 0 fully saturated rings. The largest absolute Gasteiger partial charge is 0.488 e. The predicted octanol–water partition coefficient (Wildman–Crippen LogP) is 2.84. The summed E-state index contributed by atoms with van der Waals surface area (Å²) >= 11 is 0. The fraction of sp³-hybridized carbons (Fsp3) is 0.0714. The van der Waals surface area contributed by atoms with Crippen molar-refractivity contribution in [2.45, 2.75) is 6.92 Å². The van der Waals surface area contributed by atoms with E-state index in [1.807, 2.05) is 19.1 Å². The van der Waals surface area contributed by atoms with E-state index in [1.165, 1.54) is 24.3 Å². The van der Waals surface area contributed by atoms with E-state index in [1.54, 1.807) is 12.1 Å². The van der Waals surface area contributed by atoms with E-state index < -0.39 is 10.5 Å². The van der Waals surface area contributed by atoms with Crippen molar-refractivity contribution in [3.05, 3.63) is 59.7 Å². The van der Waals surface area contributed by atoms with Crippen LogP contribution in [-0.4, -0.2) is 14.3 Å². The molecule has 0 saturated carbocycles. The molecule has 5 nitrogen and oxygen atoms in total. The molecule has 0 atom stereocenters. The second kappa shape index (κ2) is 5.92. The Morgan fingerprint density at radius 1 is 1.05 bits per heavy atom. The highest BCUT2D eigenvalue weighted by Gasteiger charge is 2.11. The summed E-state index contributed by atoms with van der Waals surface area (Å²) < 4.78 is 37.0. The van der Waals surface area contributed by atoms with Gasteiger partial charge in [-0.25, -0.2) is 0 Å². The first-order valence-corrected chi connectivity index (χ1v) is 7.26. The van der Waals surface area contributed by atoms with Crippen LogP contribution in [-0.2, 0) is 10.5 Å². The van der Waals surface area contributed by atoms with Gasteiger partial charge in [0.2, 0.25) is 0 Å². The Hall–Kier alpha value is -2.41. The lowest BCUT2D eigenvalue weighted by atomic mass is 10.2. The molecule has 0 bridgehead atoms. The Bertz CT molecular complexity index is 740. The van der Waals surface area contributed by atoms with E-state index >= 15 is 0 Å². The number of amides is 1. The van der Waals surface area contributed by atoms with Crippen LogP contribution >= 0.6 is 0 Å². The molecular formula is C14H12FNO4S. The molecule has 7 heteroatoms. The van der Waals surface area contributed by atoms with Crippen LogP contribution in [0.3, 0.4) is 0 Å². The summed E-state index contributed by atoms with van der Waals surface area (Å²) in [6, 6.07) is 12.3. The predicted molar refractivity (Wildman–Crippen MR) is 76.2 cm³/mol. The topological polar surface area (TPSA) is 72.5 Å². The number of anilines is 1. The zero-order chi connectivity index (χ0) is 15.5. The van der Waals surface area contributed by atoms with Gasteiger partial charge in [-0.05, 0) is 43.3 Å². The van der Waals surface area contributed by atoms with Crippen molar-refractivity contribution in [1.82, 2.24) is 0 Å². The first-order chi connectivity index (χ1) is 9.83. The quantitative estimate of drug-likeness (QED) is 0.881. The minimum Gasteiger partial charge on any atom is -0.358 e. The Morgan fingerprint density at radius 2 is 1.62 bits per heavy atom. The fourth-order valence-corrected chi connectivity index (χ4v) is 1.96. The van der Waals surface area contributed by atoms with E-state index in [0.717, 1.165) is 5.56 Å². The number of rotatable bonds is 4. The van der Waals surface area contributed by atoms with Gasteiger partial charge >= 0.3 is 10.5 Å². The molecule has 1 amide bonds. The van der Waals surface area contributed by atoms with Crippen LogP contribution in [0.5, 0.6) is 5.75 Å². The third-order valence-electron chi connectivity index (χ3n) is 2.62. The Morgan fingerprint density at radius 3 is 2.14 bits per heavy atom. The van der Waals surface area contributed by atoms with Crippen LogP contribution in [0.25, 0.3) is 0 Å². The van der Waals surface area contributed by atoms with E-state index in [9.17, 15) is 17.1 Å². The van der Waals surface area contributed by atoms with Crippen molar-refractivity contribution in [2.75, 3.05) is 5.32 Å². The molecule has 1 N–H and O–H groups in total. The normalized spacial score (nSPS) is 11.0. The van der Waals surface area contributed by atoms with Gasteiger partial charge in [-0.2, -0.15) is 8.42 Å². The molecule has 2 aromatic rings. The SMILES string of the molecule is Cc1ccc(NC(=O)c2ccc(OS(=O)(=O)F)cc2)cc1. The number of benzene rings is 2. The van der Waals surface area contributed by atoms with Crippen molar-refractivity contribution in [2.24, 2.45) is 0 Å². The maximum atomic E-state index is 12.3. The average molecular weight is 309 g/mol. The Kier molecular flexibility index (Phi) is 4.23. The van der Waals surface area contributed by atoms with Crippen molar-refractivity contribution in [1.29, 1.82) is 0 Å².